The van der Waals surface area contributed by atoms with Crippen LogP contribution in [0.5, 0.6) is 0 Å². The highest BCUT2D eigenvalue weighted by Gasteiger charge is 2.38. The molecule has 1 unspecified atom stereocenters. The van der Waals surface area contributed by atoms with E-state index >= 15 is 0 Å². The first kappa shape index (κ1) is 15.9. The van der Waals surface area contributed by atoms with Crippen LogP contribution in [0, 0.1) is 11.3 Å². The van der Waals surface area contributed by atoms with Crippen LogP contribution in [0.2, 0.25) is 0 Å². The van der Waals surface area contributed by atoms with Gasteiger partial charge in [0, 0.05) is 6.54 Å². The average molecular weight is 259 g/mol. The lowest BCUT2D eigenvalue weighted by molar-refractivity contribution is -0.111. The lowest BCUT2D eigenvalue weighted by Crippen LogP contribution is -2.47. The molecule has 0 aromatic rings. The van der Waals surface area contributed by atoms with Crippen molar-refractivity contribution in [1.82, 2.24) is 0 Å². The zero-order valence-corrected chi connectivity index (χ0v) is 12.0. The first-order valence-corrected chi connectivity index (χ1v) is 6.96. The summed E-state index contributed by atoms with van der Waals surface area (Å²) in [6.07, 6.45) is 3.34. The lowest BCUT2D eigenvalue weighted by atomic mass is 9.68. The topological polar surface area (TPSA) is 75.7 Å². The smallest absolute Gasteiger partial charge is 0.100 e. The Kier molecular flexibility index (Phi) is 5.59. The molecule has 18 heavy (non-hydrogen) atoms. The first-order chi connectivity index (χ1) is 8.33. The molecule has 1 aliphatic carbocycles. The summed E-state index contributed by atoms with van der Waals surface area (Å²) < 4.78 is 5.80. The van der Waals surface area contributed by atoms with Crippen LogP contribution >= 0.6 is 0 Å². The molecule has 1 saturated carbocycles. The van der Waals surface area contributed by atoms with Gasteiger partial charge in [-0.2, -0.15) is 0 Å². The third-order valence-electron chi connectivity index (χ3n) is 4.29. The van der Waals surface area contributed by atoms with Gasteiger partial charge in [-0.25, -0.2) is 0 Å². The van der Waals surface area contributed by atoms with E-state index in [9.17, 15) is 5.11 Å². The Morgan fingerprint density at radius 3 is 2.28 bits per heavy atom. The van der Waals surface area contributed by atoms with Crippen LogP contribution in [0.3, 0.4) is 0 Å². The summed E-state index contributed by atoms with van der Waals surface area (Å²) in [7, 11) is 0. The molecule has 0 heterocycles. The van der Waals surface area contributed by atoms with E-state index in [-0.39, 0.29) is 18.8 Å². The monoisotopic (exact) mass is 259 g/mol. The van der Waals surface area contributed by atoms with Crippen molar-refractivity contribution >= 4 is 0 Å². The Morgan fingerprint density at radius 1 is 1.33 bits per heavy atom. The molecule has 1 rings (SSSR count). The van der Waals surface area contributed by atoms with Crippen LogP contribution < -0.4 is 5.73 Å². The zero-order chi connectivity index (χ0) is 13.8. The summed E-state index contributed by atoms with van der Waals surface area (Å²) in [6, 6.07) is 0. The molecule has 0 saturated heterocycles. The maximum atomic E-state index is 9.36. The van der Waals surface area contributed by atoms with Crippen molar-refractivity contribution < 1.29 is 14.9 Å². The minimum Gasteiger partial charge on any atom is -0.394 e. The van der Waals surface area contributed by atoms with Crippen molar-refractivity contribution in [3.63, 3.8) is 0 Å². The van der Waals surface area contributed by atoms with Crippen LogP contribution in [-0.4, -0.2) is 41.7 Å². The molecule has 0 radical (unpaired) electrons. The predicted octanol–water partition coefficient (Wildman–Crippen LogP) is 1.29. The highest BCUT2D eigenvalue weighted by Crippen LogP contribution is 2.42. The molecule has 0 amide bonds. The van der Waals surface area contributed by atoms with Gasteiger partial charge in [0.05, 0.1) is 18.8 Å². The van der Waals surface area contributed by atoms with Crippen molar-refractivity contribution in [2.24, 2.45) is 17.1 Å². The largest absolute Gasteiger partial charge is 0.394 e. The first-order valence-electron chi connectivity index (χ1n) is 6.96. The predicted molar refractivity (Wildman–Crippen MR) is 72.2 cm³/mol. The fraction of sp³-hybridized carbons (Fsp3) is 1.00. The van der Waals surface area contributed by atoms with Crippen LogP contribution in [0.25, 0.3) is 0 Å². The number of nitrogens with two attached hydrogens (primary N) is 1. The van der Waals surface area contributed by atoms with Crippen molar-refractivity contribution in [2.75, 3.05) is 19.8 Å². The van der Waals surface area contributed by atoms with Gasteiger partial charge in [-0.05, 0) is 37.0 Å². The number of aliphatic hydroxyl groups is 2. The summed E-state index contributed by atoms with van der Waals surface area (Å²) >= 11 is 0. The molecule has 108 valence electrons. The molecule has 4 N–H and O–H groups in total. The van der Waals surface area contributed by atoms with E-state index in [0.29, 0.717) is 17.9 Å². The van der Waals surface area contributed by atoms with Crippen LogP contribution in [0.15, 0.2) is 0 Å². The SMILES string of the molecule is CC(C)(C)C1CCC(CN)(OCC(O)CO)CC1. The Balaban J connectivity index is 2.49. The number of aliphatic hydroxyl groups excluding tert-OH is 2. The number of hydrogen-bond donors (Lipinski definition) is 3. The van der Waals surface area contributed by atoms with Crippen LogP contribution in [0.1, 0.15) is 46.5 Å². The second-order valence-corrected chi connectivity index (χ2v) is 6.67. The van der Waals surface area contributed by atoms with E-state index in [1.807, 2.05) is 0 Å². The maximum Gasteiger partial charge on any atom is 0.100 e. The highest BCUT2D eigenvalue weighted by molar-refractivity contribution is 4.91. The fourth-order valence-electron chi connectivity index (χ4n) is 2.74. The van der Waals surface area contributed by atoms with Gasteiger partial charge in [0.15, 0.2) is 0 Å². The average Bonchev–Trinajstić information content (AvgIpc) is 2.35. The van der Waals surface area contributed by atoms with E-state index in [2.05, 4.69) is 20.8 Å². The fourth-order valence-corrected chi connectivity index (χ4v) is 2.74. The Hall–Kier alpha value is -0.160. The molecule has 1 aliphatic rings. The Bertz CT molecular complexity index is 242. The summed E-state index contributed by atoms with van der Waals surface area (Å²) in [5.41, 5.74) is 5.90. The normalized spacial score (nSPS) is 31.3. The van der Waals surface area contributed by atoms with Gasteiger partial charge < -0.3 is 20.7 Å². The van der Waals surface area contributed by atoms with E-state index in [1.165, 1.54) is 0 Å². The summed E-state index contributed by atoms with van der Waals surface area (Å²) in [4.78, 5) is 0. The van der Waals surface area contributed by atoms with E-state index < -0.39 is 6.10 Å². The molecule has 4 nitrogen and oxygen atoms in total. The van der Waals surface area contributed by atoms with E-state index in [4.69, 9.17) is 15.6 Å². The number of hydrogen-bond acceptors (Lipinski definition) is 4. The van der Waals surface area contributed by atoms with Crippen LogP contribution in [0.4, 0.5) is 0 Å². The third-order valence-corrected chi connectivity index (χ3v) is 4.29. The molecule has 0 bridgehead atoms. The van der Waals surface area contributed by atoms with Gasteiger partial charge in [0.1, 0.15) is 6.10 Å². The molecule has 0 aliphatic heterocycles. The number of rotatable bonds is 5. The van der Waals surface area contributed by atoms with Gasteiger partial charge in [-0.1, -0.05) is 20.8 Å². The summed E-state index contributed by atoms with van der Waals surface area (Å²) in [6.45, 7) is 7.25. The minimum absolute atomic E-state index is 0.174. The van der Waals surface area contributed by atoms with Gasteiger partial charge >= 0.3 is 0 Å². The molecular formula is C14H29NO3. The quantitative estimate of drug-likeness (QED) is 0.695. The van der Waals surface area contributed by atoms with Crippen molar-refractivity contribution in [3.05, 3.63) is 0 Å². The highest BCUT2D eigenvalue weighted by atomic mass is 16.5. The maximum absolute atomic E-state index is 9.36. The van der Waals surface area contributed by atoms with Crippen LogP contribution in [-0.2, 0) is 4.74 Å². The van der Waals surface area contributed by atoms with Crippen molar-refractivity contribution in [3.8, 4) is 0 Å². The molecule has 0 aromatic carbocycles. The van der Waals surface area contributed by atoms with Crippen molar-refractivity contribution in [1.29, 1.82) is 0 Å². The summed E-state index contributed by atoms with van der Waals surface area (Å²) in [5, 5.41) is 18.2. The molecule has 0 aromatic heterocycles. The second-order valence-electron chi connectivity index (χ2n) is 6.67. The molecular weight excluding hydrogens is 230 g/mol. The van der Waals surface area contributed by atoms with E-state index in [1.54, 1.807) is 0 Å². The van der Waals surface area contributed by atoms with Gasteiger partial charge in [-0.15, -0.1) is 0 Å². The molecule has 1 atom stereocenters. The molecule has 1 fully saturated rings. The van der Waals surface area contributed by atoms with Gasteiger partial charge in [0.25, 0.3) is 0 Å². The van der Waals surface area contributed by atoms with Gasteiger partial charge in [0.2, 0.25) is 0 Å². The Labute approximate surface area is 111 Å². The van der Waals surface area contributed by atoms with Gasteiger partial charge in [-0.3, -0.25) is 0 Å². The van der Waals surface area contributed by atoms with E-state index in [0.717, 1.165) is 25.7 Å². The minimum atomic E-state index is -0.797. The summed E-state index contributed by atoms with van der Waals surface area (Å²) in [5.74, 6) is 0.712. The zero-order valence-electron chi connectivity index (χ0n) is 12.0. The second kappa shape index (κ2) is 6.33. The van der Waals surface area contributed by atoms with Crippen molar-refractivity contribution in [2.45, 2.75) is 58.2 Å². The Morgan fingerprint density at radius 2 is 1.89 bits per heavy atom. The molecule has 4 heteroatoms. The third kappa shape index (κ3) is 4.19. The molecule has 0 spiro atoms. The number of ether oxygens (including phenoxy) is 1. The lowest BCUT2D eigenvalue weighted by Gasteiger charge is -2.43. The standard InChI is InChI=1S/C14H29NO3/c1-13(2,3)11-4-6-14(10-15,7-5-11)18-9-12(17)8-16/h11-12,16-17H,4-10,15H2,1-3H3.